The molecule has 5 heteroatoms. The van der Waals surface area contributed by atoms with Gasteiger partial charge in [-0.05, 0) is 79.3 Å². The van der Waals surface area contributed by atoms with Gasteiger partial charge in [-0.15, -0.1) is 0 Å². The van der Waals surface area contributed by atoms with Crippen LogP contribution in [-0.4, -0.2) is 13.8 Å². The lowest BCUT2D eigenvalue weighted by Crippen LogP contribution is -2.24. The van der Waals surface area contributed by atoms with Gasteiger partial charge in [0.2, 0.25) is 0 Å². The molecule has 0 heterocycles. The third-order valence-electron chi connectivity index (χ3n) is 7.27. The molecule has 158 valence electrons. The molecule has 0 amide bonds. The van der Waals surface area contributed by atoms with Crippen LogP contribution in [0.25, 0.3) is 0 Å². The summed E-state index contributed by atoms with van der Waals surface area (Å²) in [6, 6.07) is 12.8. The summed E-state index contributed by atoms with van der Waals surface area (Å²) >= 11 is 0. The zero-order valence-electron chi connectivity index (χ0n) is 18.0. The molecule has 2 aliphatic carbocycles. The molecule has 0 saturated heterocycles. The average molecular weight is 404 g/mol. The van der Waals surface area contributed by atoms with Crippen molar-refractivity contribution in [1.82, 2.24) is 0 Å². The normalized spacial score (nSPS) is 26.8. The standard InChI is InChI=1S/C25H33BN2O2/c26-21-9-5-18(6-10-21)16-1-3-17(4-2-16)19-7-11-24(12-8-19)30-25(29)20-13-22(27)15-23(28)14-20/h7-8,11-18,21H,1-6,9-10,26-28H2. The first-order valence-electron chi connectivity index (χ1n) is 11.5. The first-order valence-corrected chi connectivity index (χ1v) is 11.5. The molecule has 2 aliphatic rings. The van der Waals surface area contributed by atoms with Gasteiger partial charge in [0.1, 0.15) is 13.6 Å². The van der Waals surface area contributed by atoms with E-state index in [1.54, 1.807) is 18.2 Å². The molecule has 0 bridgehead atoms. The Bertz CT molecular complexity index is 847. The second kappa shape index (κ2) is 9.15. The summed E-state index contributed by atoms with van der Waals surface area (Å²) < 4.78 is 5.51. The Morgan fingerprint density at radius 3 is 1.90 bits per heavy atom. The van der Waals surface area contributed by atoms with E-state index in [-0.39, 0.29) is 0 Å². The average Bonchev–Trinajstić information content (AvgIpc) is 2.74. The van der Waals surface area contributed by atoms with Crippen LogP contribution in [0, 0.1) is 11.8 Å². The summed E-state index contributed by atoms with van der Waals surface area (Å²) in [5.41, 5.74) is 14.2. The second-order valence-electron chi connectivity index (χ2n) is 9.48. The maximum Gasteiger partial charge on any atom is 0.343 e. The van der Waals surface area contributed by atoms with Crippen LogP contribution in [0.1, 0.15) is 73.2 Å². The molecule has 4 rings (SSSR count). The van der Waals surface area contributed by atoms with E-state index < -0.39 is 5.97 Å². The number of hydrogen-bond acceptors (Lipinski definition) is 4. The van der Waals surface area contributed by atoms with Gasteiger partial charge in [0.15, 0.2) is 0 Å². The minimum atomic E-state index is -0.441. The molecule has 0 unspecified atom stereocenters. The number of carbonyl (C=O) groups excluding carboxylic acids is 1. The Morgan fingerprint density at radius 1 is 0.800 bits per heavy atom. The summed E-state index contributed by atoms with van der Waals surface area (Å²) in [6.07, 6.45) is 11.0. The van der Waals surface area contributed by atoms with Crippen molar-refractivity contribution >= 4 is 25.2 Å². The number of ether oxygens (including phenoxy) is 1. The molecule has 30 heavy (non-hydrogen) atoms. The van der Waals surface area contributed by atoms with E-state index in [0.29, 0.717) is 28.6 Å². The third-order valence-corrected chi connectivity index (χ3v) is 7.27. The number of rotatable bonds is 4. The maximum absolute atomic E-state index is 12.4. The van der Waals surface area contributed by atoms with E-state index in [2.05, 4.69) is 20.0 Å². The number of benzene rings is 2. The van der Waals surface area contributed by atoms with E-state index in [9.17, 15) is 4.79 Å². The third kappa shape index (κ3) is 5.00. The van der Waals surface area contributed by atoms with Crippen LogP contribution in [-0.2, 0) is 0 Å². The Kier molecular flexibility index (Phi) is 6.36. The van der Waals surface area contributed by atoms with E-state index in [0.717, 1.165) is 17.7 Å². The zero-order chi connectivity index (χ0) is 21.1. The molecule has 4 N–H and O–H groups in total. The molecule has 0 aliphatic heterocycles. The number of nitrogen functional groups attached to an aromatic ring is 2. The largest absolute Gasteiger partial charge is 0.423 e. The summed E-state index contributed by atoms with van der Waals surface area (Å²) in [4.78, 5) is 12.4. The molecule has 2 aromatic rings. The molecule has 0 atom stereocenters. The molecule has 2 saturated carbocycles. The van der Waals surface area contributed by atoms with Crippen molar-refractivity contribution < 1.29 is 9.53 Å². The molecular weight excluding hydrogens is 371 g/mol. The van der Waals surface area contributed by atoms with Crippen LogP contribution in [0.4, 0.5) is 11.4 Å². The van der Waals surface area contributed by atoms with Crippen molar-refractivity contribution in [3.63, 3.8) is 0 Å². The van der Waals surface area contributed by atoms with Crippen LogP contribution in [0.3, 0.4) is 0 Å². The first kappa shape index (κ1) is 20.8. The molecule has 2 aromatic carbocycles. The fourth-order valence-corrected chi connectivity index (χ4v) is 5.45. The van der Waals surface area contributed by atoms with Crippen LogP contribution in [0.5, 0.6) is 5.75 Å². The van der Waals surface area contributed by atoms with Gasteiger partial charge in [0.25, 0.3) is 0 Å². The van der Waals surface area contributed by atoms with Crippen molar-refractivity contribution in [3.05, 3.63) is 53.6 Å². The monoisotopic (exact) mass is 404 g/mol. The van der Waals surface area contributed by atoms with E-state index >= 15 is 0 Å². The molecule has 0 aromatic heterocycles. The Morgan fingerprint density at radius 2 is 1.33 bits per heavy atom. The first-order chi connectivity index (χ1) is 14.5. The fourth-order valence-electron chi connectivity index (χ4n) is 5.45. The van der Waals surface area contributed by atoms with Crippen LogP contribution < -0.4 is 16.2 Å². The summed E-state index contributed by atoms with van der Waals surface area (Å²) in [6.45, 7) is 0. The number of esters is 1. The smallest absolute Gasteiger partial charge is 0.343 e. The van der Waals surface area contributed by atoms with Gasteiger partial charge >= 0.3 is 5.97 Å². The van der Waals surface area contributed by atoms with E-state index in [1.165, 1.54) is 56.9 Å². The lowest BCUT2D eigenvalue weighted by Gasteiger charge is -2.37. The van der Waals surface area contributed by atoms with Gasteiger partial charge in [0.05, 0.1) is 5.56 Å². The Hall–Kier alpha value is -2.43. The van der Waals surface area contributed by atoms with Crippen molar-refractivity contribution in [3.8, 4) is 5.75 Å². The lowest BCUT2D eigenvalue weighted by molar-refractivity contribution is 0.0735. The van der Waals surface area contributed by atoms with Crippen molar-refractivity contribution in [2.24, 2.45) is 11.8 Å². The number of carbonyl (C=O) groups is 1. The second-order valence-corrected chi connectivity index (χ2v) is 9.48. The van der Waals surface area contributed by atoms with Gasteiger partial charge in [-0.3, -0.25) is 0 Å². The highest BCUT2D eigenvalue weighted by Gasteiger charge is 2.30. The molecular formula is C25H33BN2O2. The zero-order valence-corrected chi connectivity index (χ0v) is 18.0. The van der Waals surface area contributed by atoms with E-state index in [4.69, 9.17) is 16.2 Å². The fraction of sp³-hybridized carbons (Fsp3) is 0.480. The highest BCUT2D eigenvalue weighted by Crippen LogP contribution is 2.44. The molecule has 0 spiro atoms. The predicted octanol–water partition coefficient (Wildman–Crippen LogP) is 4.96. The topological polar surface area (TPSA) is 78.3 Å². The lowest BCUT2D eigenvalue weighted by atomic mass is 9.65. The molecule has 4 nitrogen and oxygen atoms in total. The van der Waals surface area contributed by atoms with Crippen molar-refractivity contribution in [2.75, 3.05) is 11.5 Å². The van der Waals surface area contributed by atoms with Gasteiger partial charge in [-0.1, -0.05) is 43.6 Å². The maximum atomic E-state index is 12.4. The van der Waals surface area contributed by atoms with Crippen molar-refractivity contribution in [2.45, 2.75) is 63.1 Å². The van der Waals surface area contributed by atoms with Gasteiger partial charge in [-0.2, -0.15) is 0 Å². The number of nitrogens with two attached hydrogens (primary N) is 2. The quantitative estimate of drug-likeness (QED) is 0.327. The highest BCUT2D eigenvalue weighted by molar-refractivity contribution is 6.11. The number of hydrogen-bond donors (Lipinski definition) is 2. The van der Waals surface area contributed by atoms with Gasteiger partial charge < -0.3 is 16.2 Å². The highest BCUT2D eigenvalue weighted by atomic mass is 16.5. The van der Waals surface area contributed by atoms with E-state index in [1.807, 2.05) is 12.1 Å². The van der Waals surface area contributed by atoms with Crippen LogP contribution in [0.15, 0.2) is 42.5 Å². The number of anilines is 2. The van der Waals surface area contributed by atoms with Crippen LogP contribution >= 0.6 is 0 Å². The minimum Gasteiger partial charge on any atom is -0.423 e. The van der Waals surface area contributed by atoms with Crippen LogP contribution in [0.2, 0.25) is 5.82 Å². The van der Waals surface area contributed by atoms with Crippen molar-refractivity contribution in [1.29, 1.82) is 0 Å². The summed E-state index contributed by atoms with van der Waals surface area (Å²) in [5.74, 6) is 3.56. The Balaban J connectivity index is 1.31. The Labute approximate surface area is 180 Å². The van der Waals surface area contributed by atoms with Gasteiger partial charge in [-0.25, -0.2) is 4.79 Å². The minimum absolute atomic E-state index is 0.368. The SMILES string of the molecule is BC1CCC(C2CCC(c3ccc(OC(=O)c4cc(N)cc(N)c4)cc3)CC2)CC1. The summed E-state index contributed by atoms with van der Waals surface area (Å²) in [5, 5.41) is 0. The molecule has 2 fully saturated rings. The van der Waals surface area contributed by atoms with Gasteiger partial charge in [0, 0.05) is 11.4 Å². The predicted molar refractivity (Wildman–Crippen MR) is 126 cm³/mol. The summed E-state index contributed by atoms with van der Waals surface area (Å²) in [7, 11) is 2.40. The molecule has 0 radical (unpaired) electrons.